The van der Waals surface area contributed by atoms with Gasteiger partial charge in [0.25, 0.3) is 5.91 Å². The van der Waals surface area contributed by atoms with E-state index < -0.39 is 0 Å². The Morgan fingerprint density at radius 3 is 2.68 bits per heavy atom. The summed E-state index contributed by atoms with van der Waals surface area (Å²) in [6.07, 6.45) is 5.32. The highest BCUT2D eigenvalue weighted by Gasteiger charge is 2.12. The molecule has 3 rings (SSSR count). The lowest BCUT2D eigenvalue weighted by Gasteiger charge is -2.05. The fourth-order valence-corrected chi connectivity index (χ4v) is 2.76. The lowest BCUT2D eigenvalue weighted by Crippen LogP contribution is -2.14. The van der Waals surface area contributed by atoms with Crippen molar-refractivity contribution in [1.82, 2.24) is 19.7 Å². The highest BCUT2D eigenvalue weighted by atomic mass is 32.2. The second-order valence-corrected chi connectivity index (χ2v) is 6.52. The largest absolute Gasteiger partial charge is 0.318 e. The van der Waals surface area contributed by atoms with Crippen LogP contribution in [0.4, 0.5) is 5.69 Å². The van der Waals surface area contributed by atoms with Crippen molar-refractivity contribution in [3.8, 4) is 0 Å². The number of hydrogen-bond acceptors (Lipinski definition) is 5. The van der Waals surface area contributed by atoms with Gasteiger partial charge in [-0.25, -0.2) is 9.97 Å². The maximum atomic E-state index is 12.4. The number of aromatic nitrogens is 4. The van der Waals surface area contributed by atoms with Gasteiger partial charge in [-0.2, -0.15) is 5.10 Å². The molecule has 25 heavy (non-hydrogen) atoms. The van der Waals surface area contributed by atoms with Gasteiger partial charge in [0.05, 0.1) is 18.4 Å². The van der Waals surface area contributed by atoms with Crippen LogP contribution in [0.15, 0.2) is 47.9 Å². The van der Waals surface area contributed by atoms with E-state index >= 15 is 0 Å². The maximum absolute atomic E-state index is 12.4. The molecule has 0 unspecified atom stereocenters. The number of amides is 1. The summed E-state index contributed by atoms with van der Waals surface area (Å²) < 4.78 is 1.79. The number of rotatable bonds is 5. The predicted molar refractivity (Wildman–Crippen MR) is 99.0 cm³/mol. The van der Waals surface area contributed by atoms with Gasteiger partial charge in [-0.15, -0.1) is 0 Å². The molecule has 2 aromatic heterocycles. The van der Waals surface area contributed by atoms with E-state index in [4.69, 9.17) is 0 Å². The van der Waals surface area contributed by atoms with Crippen LogP contribution < -0.4 is 5.32 Å². The van der Waals surface area contributed by atoms with Crippen LogP contribution in [0.3, 0.4) is 0 Å². The molecule has 2 heterocycles. The molecule has 6 nitrogen and oxygen atoms in total. The van der Waals surface area contributed by atoms with E-state index in [-0.39, 0.29) is 5.91 Å². The van der Waals surface area contributed by atoms with Crippen LogP contribution in [-0.4, -0.2) is 31.9 Å². The quantitative estimate of drug-likeness (QED) is 0.563. The van der Waals surface area contributed by atoms with E-state index in [0.29, 0.717) is 23.1 Å². The summed E-state index contributed by atoms with van der Waals surface area (Å²) in [5.74, 6) is -0.268. The lowest BCUT2D eigenvalue weighted by atomic mass is 10.1. The number of nitrogens with one attached hydrogen (secondary N) is 1. The molecular formula is C18H19N5OS. The minimum absolute atomic E-state index is 0.268. The van der Waals surface area contributed by atoms with Gasteiger partial charge >= 0.3 is 0 Å². The van der Waals surface area contributed by atoms with Crippen molar-refractivity contribution in [3.05, 3.63) is 65.2 Å². The summed E-state index contributed by atoms with van der Waals surface area (Å²) in [7, 11) is 0. The molecule has 0 atom stereocenters. The molecule has 128 valence electrons. The first-order chi connectivity index (χ1) is 12.0. The molecule has 7 heteroatoms. The first-order valence-corrected chi connectivity index (χ1v) is 9.05. The van der Waals surface area contributed by atoms with Gasteiger partial charge < -0.3 is 5.32 Å². The topological polar surface area (TPSA) is 72.7 Å². The summed E-state index contributed by atoms with van der Waals surface area (Å²) in [4.78, 5) is 20.9. The molecule has 0 spiro atoms. The third-order valence-electron chi connectivity index (χ3n) is 3.61. The molecule has 0 saturated carbocycles. The van der Waals surface area contributed by atoms with Crippen LogP contribution >= 0.6 is 11.8 Å². The molecular weight excluding hydrogens is 334 g/mol. The van der Waals surface area contributed by atoms with Crippen molar-refractivity contribution < 1.29 is 4.79 Å². The van der Waals surface area contributed by atoms with Crippen molar-refractivity contribution in [2.24, 2.45) is 0 Å². The van der Waals surface area contributed by atoms with Crippen LogP contribution in [-0.2, 0) is 6.54 Å². The van der Waals surface area contributed by atoms with Crippen molar-refractivity contribution in [2.75, 3.05) is 11.6 Å². The van der Waals surface area contributed by atoms with E-state index in [9.17, 15) is 4.79 Å². The van der Waals surface area contributed by atoms with Gasteiger partial charge in [0.1, 0.15) is 5.69 Å². The van der Waals surface area contributed by atoms with E-state index in [1.54, 1.807) is 23.1 Å². The molecule has 1 N–H and O–H groups in total. The Kier molecular flexibility index (Phi) is 5.14. The fraction of sp³-hybridized carbons (Fsp3) is 0.222. The predicted octanol–water partition coefficient (Wildman–Crippen LogP) is 3.31. The third-order valence-corrected chi connectivity index (χ3v) is 4.15. The normalized spacial score (nSPS) is 10.7. The summed E-state index contributed by atoms with van der Waals surface area (Å²) in [5.41, 5.74) is 4.13. The zero-order valence-electron chi connectivity index (χ0n) is 14.4. The van der Waals surface area contributed by atoms with Crippen molar-refractivity contribution >= 4 is 23.4 Å². The molecule has 0 bridgehead atoms. The number of nitrogens with zero attached hydrogens (tertiary/aromatic N) is 4. The Balaban J connectivity index is 1.69. The number of carbonyl (C=O) groups is 1. The summed E-state index contributed by atoms with van der Waals surface area (Å²) in [5, 5.41) is 7.71. The van der Waals surface area contributed by atoms with Gasteiger partial charge in [0.2, 0.25) is 0 Å². The Labute approximate surface area is 150 Å². The average Bonchev–Trinajstić information content (AvgIpc) is 3.03. The number of thioether (sulfide) groups is 1. The van der Waals surface area contributed by atoms with Gasteiger partial charge in [-0.3, -0.25) is 9.48 Å². The van der Waals surface area contributed by atoms with E-state index in [1.165, 1.54) is 17.3 Å². The third kappa shape index (κ3) is 4.45. The van der Waals surface area contributed by atoms with Gasteiger partial charge in [-0.05, 0) is 31.7 Å². The van der Waals surface area contributed by atoms with Crippen LogP contribution in [0.25, 0.3) is 0 Å². The average molecular weight is 353 g/mol. The van der Waals surface area contributed by atoms with Crippen LogP contribution in [0, 0.1) is 13.8 Å². The lowest BCUT2D eigenvalue weighted by molar-refractivity contribution is 0.102. The molecule has 0 aliphatic rings. The standard InChI is InChI=1S/C18H19N5OS/c1-12-4-6-14(7-5-12)10-23-11-15(9-19-23)21-17(24)16-8-13(2)20-18(22-16)25-3/h4-9,11H,10H2,1-3H3,(H,21,24). The molecule has 1 amide bonds. The first kappa shape index (κ1) is 17.2. The minimum atomic E-state index is -0.268. The number of aryl methyl sites for hydroxylation is 2. The van der Waals surface area contributed by atoms with Crippen LogP contribution in [0.1, 0.15) is 27.3 Å². The second kappa shape index (κ2) is 7.48. The van der Waals surface area contributed by atoms with E-state index in [0.717, 1.165) is 11.3 Å². The van der Waals surface area contributed by atoms with Crippen LogP contribution in [0.2, 0.25) is 0 Å². The fourth-order valence-electron chi connectivity index (χ4n) is 2.34. The summed E-state index contributed by atoms with van der Waals surface area (Å²) in [6.45, 7) is 4.56. The molecule has 0 radical (unpaired) electrons. The Bertz CT molecular complexity index is 889. The van der Waals surface area contributed by atoms with E-state index in [1.807, 2.05) is 13.2 Å². The number of benzene rings is 1. The molecule has 1 aromatic carbocycles. The van der Waals surface area contributed by atoms with Crippen molar-refractivity contribution in [3.63, 3.8) is 0 Å². The zero-order valence-corrected chi connectivity index (χ0v) is 15.2. The van der Waals surface area contributed by atoms with Crippen LogP contribution in [0.5, 0.6) is 0 Å². The number of anilines is 1. The SMILES string of the molecule is CSc1nc(C)cc(C(=O)Nc2cnn(Cc3ccc(C)cc3)c2)n1. The highest BCUT2D eigenvalue weighted by molar-refractivity contribution is 7.98. The van der Waals surface area contributed by atoms with Crippen molar-refractivity contribution in [1.29, 1.82) is 0 Å². The van der Waals surface area contributed by atoms with Gasteiger partial charge in [0, 0.05) is 11.9 Å². The van der Waals surface area contributed by atoms with E-state index in [2.05, 4.69) is 51.6 Å². The minimum Gasteiger partial charge on any atom is -0.318 e. The molecule has 0 fully saturated rings. The monoisotopic (exact) mass is 353 g/mol. The molecule has 3 aromatic rings. The summed E-state index contributed by atoms with van der Waals surface area (Å²) in [6, 6.07) is 9.96. The molecule has 0 aliphatic heterocycles. The number of carbonyl (C=O) groups excluding carboxylic acids is 1. The Morgan fingerprint density at radius 1 is 1.20 bits per heavy atom. The zero-order chi connectivity index (χ0) is 17.8. The molecule has 0 aliphatic carbocycles. The second-order valence-electron chi connectivity index (χ2n) is 5.75. The van der Waals surface area contributed by atoms with Crippen molar-refractivity contribution in [2.45, 2.75) is 25.5 Å². The highest BCUT2D eigenvalue weighted by Crippen LogP contribution is 2.13. The maximum Gasteiger partial charge on any atom is 0.274 e. The van der Waals surface area contributed by atoms with Gasteiger partial charge in [0.15, 0.2) is 5.16 Å². The number of hydrogen-bond donors (Lipinski definition) is 1. The Morgan fingerprint density at radius 2 is 1.96 bits per heavy atom. The molecule has 0 saturated heterocycles. The summed E-state index contributed by atoms with van der Waals surface area (Å²) >= 11 is 1.41. The Hall–Kier alpha value is -2.67. The smallest absolute Gasteiger partial charge is 0.274 e. The first-order valence-electron chi connectivity index (χ1n) is 7.82. The van der Waals surface area contributed by atoms with Gasteiger partial charge in [-0.1, -0.05) is 41.6 Å².